The molecule has 0 aromatic carbocycles. The van der Waals surface area contributed by atoms with Crippen LogP contribution < -0.4 is 0 Å². The molecule has 0 amide bonds. The Kier molecular flexibility index (Phi) is 23.5. The summed E-state index contributed by atoms with van der Waals surface area (Å²) < 4.78 is 0. The van der Waals surface area contributed by atoms with E-state index in [9.17, 15) is 0 Å². The summed E-state index contributed by atoms with van der Waals surface area (Å²) in [5, 5.41) is 0. The Morgan fingerprint density at radius 1 is 0.483 bits per heavy atom. The van der Waals surface area contributed by atoms with Crippen molar-refractivity contribution in [1.29, 1.82) is 0 Å². The van der Waals surface area contributed by atoms with E-state index in [0.29, 0.717) is 0 Å². The van der Waals surface area contributed by atoms with Crippen LogP contribution in [0, 0.1) is 23.7 Å². The highest BCUT2D eigenvalue weighted by Gasteiger charge is 2.14. The van der Waals surface area contributed by atoms with Gasteiger partial charge in [0.1, 0.15) is 0 Å². The smallest absolute Gasteiger partial charge is 0.00886 e. The molecule has 0 aliphatic heterocycles. The maximum absolute atomic E-state index is 3.40. The molecule has 0 spiro atoms. The number of rotatable bonds is 21. The monoisotopic (exact) mass is 404 g/mol. The van der Waals surface area contributed by atoms with E-state index in [4.69, 9.17) is 0 Å². The highest BCUT2D eigenvalue weighted by atomic mass is 14.2. The number of hydrogen-bond acceptors (Lipinski definition) is 0. The molecule has 2 atom stereocenters. The summed E-state index contributed by atoms with van der Waals surface area (Å²) in [5.41, 5.74) is 0. The van der Waals surface area contributed by atoms with Gasteiger partial charge in [-0.25, -0.2) is 0 Å². The molecule has 0 rings (SSSR count). The molecule has 29 heavy (non-hydrogen) atoms. The first-order valence-electron chi connectivity index (χ1n) is 13.7. The summed E-state index contributed by atoms with van der Waals surface area (Å²) >= 11 is 0. The van der Waals surface area contributed by atoms with Gasteiger partial charge in [-0.1, -0.05) is 137 Å². The molecule has 0 aliphatic carbocycles. The van der Waals surface area contributed by atoms with E-state index in [1.165, 1.54) is 122 Å². The molecule has 0 radical (unpaired) electrons. The van der Waals surface area contributed by atoms with Crippen molar-refractivity contribution in [2.75, 3.05) is 0 Å². The van der Waals surface area contributed by atoms with Gasteiger partial charge in [0.25, 0.3) is 0 Å². The standard InChI is InChI=1S/C29H56/c1-5-8-10-12-14-16-17-18-19-21-23-25-27-29(28(4)7-3)26-24-22-20-15-13-11-9-6-2/h28-29H,5-15,18-27H2,1-4H3. The van der Waals surface area contributed by atoms with Gasteiger partial charge in [0.15, 0.2) is 0 Å². The Morgan fingerprint density at radius 3 is 1.31 bits per heavy atom. The molecule has 0 heterocycles. The Labute approximate surface area is 186 Å². The third kappa shape index (κ3) is 20.6. The number of hydrogen-bond donors (Lipinski definition) is 0. The van der Waals surface area contributed by atoms with Crippen LogP contribution in [0.25, 0.3) is 0 Å². The molecule has 2 unspecified atom stereocenters. The van der Waals surface area contributed by atoms with Crippen LogP contribution in [0.1, 0.15) is 163 Å². The summed E-state index contributed by atoms with van der Waals surface area (Å²) in [6.45, 7) is 9.45. The van der Waals surface area contributed by atoms with Crippen LogP contribution in [0.2, 0.25) is 0 Å². The Balaban J connectivity index is 3.66. The van der Waals surface area contributed by atoms with E-state index >= 15 is 0 Å². The van der Waals surface area contributed by atoms with E-state index in [1.54, 1.807) is 0 Å². The van der Waals surface area contributed by atoms with Crippen LogP contribution in [-0.2, 0) is 0 Å². The van der Waals surface area contributed by atoms with Crippen LogP contribution in [-0.4, -0.2) is 0 Å². The van der Waals surface area contributed by atoms with Crippen molar-refractivity contribution in [3.8, 4) is 11.8 Å². The molecule has 0 aromatic rings. The van der Waals surface area contributed by atoms with Crippen molar-refractivity contribution in [2.24, 2.45) is 11.8 Å². The zero-order valence-electron chi connectivity index (χ0n) is 21.0. The molecular weight excluding hydrogens is 348 g/mol. The Morgan fingerprint density at radius 2 is 0.862 bits per heavy atom. The predicted molar refractivity (Wildman–Crippen MR) is 134 cm³/mol. The number of unbranched alkanes of at least 4 members (excludes halogenated alkanes) is 15. The van der Waals surface area contributed by atoms with Crippen molar-refractivity contribution >= 4 is 0 Å². The summed E-state index contributed by atoms with van der Waals surface area (Å²) in [6.07, 6.45) is 29.1. The topological polar surface area (TPSA) is 0 Å². The summed E-state index contributed by atoms with van der Waals surface area (Å²) in [7, 11) is 0. The molecular formula is C29H56. The zero-order chi connectivity index (χ0) is 21.4. The third-order valence-electron chi connectivity index (χ3n) is 6.78. The van der Waals surface area contributed by atoms with Crippen molar-refractivity contribution in [3.05, 3.63) is 0 Å². The van der Waals surface area contributed by atoms with Crippen LogP contribution in [0.4, 0.5) is 0 Å². The van der Waals surface area contributed by atoms with Gasteiger partial charge in [-0.2, -0.15) is 0 Å². The molecule has 0 heteroatoms. The molecule has 0 saturated heterocycles. The second-order valence-corrected chi connectivity index (χ2v) is 9.53. The fourth-order valence-corrected chi connectivity index (χ4v) is 4.38. The first-order valence-corrected chi connectivity index (χ1v) is 13.7. The summed E-state index contributed by atoms with van der Waals surface area (Å²) in [6, 6.07) is 0. The third-order valence-corrected chi connectivity index (χ3v) is 6.78. The minimum absolute atomic E-state index is 0.915. The van der Waals surface area contributed by atoms with Gasteiger partial charge in [-0.05, 0) is 24.7 Å². The summed E-state index contributed by atoms with van der Waals surface area (Å²) in [4.78, 5) is 0. The van der Waals surface area contributed by atoms with Crippen molar-refractivity contribution < 1.29 is 0 Å². The molecule has 172 valence electrons. The molecule has 0 saturated carbocycles. The van der Waals surface area contributed by atoms with E-state index in [-0.39, 0.29) is 0 Å². The highest BCUT2D eigenvalue weighted by molar-refractivity contribution is 4.98. The van der Waals surface area contributed by atoms with E-state index in [1.807, 2.05) is 0 Å². The normalized spacial score (nSPS) is 13.1. The lowest BCUT2D eigenvalue weighted by atomic mass is 9.83. The van der Waals surface area contributed by atoms with Gasteiger partial charge in [0.2, 0.25) is 0 Å². The molecule has 0 bridgehead atoms. The van der Waals surface area contributed by atoms with E-state index in [0.717, 1.165) is 24.7 Å². The fourth-order valence-electron chi connectivity index (χ4n) is 4.38. The lowest BCUT2D eigenvalue weighted by Gasteiger charge is -2.23. The maximum atomic E-state index is 3.40. The lowest BCUT2D eigenvalue weighted by molar-refractivity contribution is 0.288. The average molecular weight is 405 g/mol. The van der Waals surface area contributed by atoms with Crippen molar-refractivity contribution in [3.63, 3.8) is 0 Å². The fraction of sp³-hybridized carbons (Fsp3) is 0.931. The lowest BCUT2D eigenvalue weighted by Crippen LogP contribution is -2.11. The SMILES string of the molecule is CCCCCCC#CCCCCCCC(CCCCCCCCCC)C(C)CC. The molecule has 0 nitrogen and oxygen atoms in total. The maximum Gasteiger partial charge on any atom is 0.00886 e. The average Bonchev–Trinajstić information content (AvgIpc) is 2.74. The van der Waals surface area contributed by atoms with Crippen LogP contribution in [0.5, 0.6) is 0 Å². The Hall–Kier alpha value is -0.440. The van der Waals surface area contributed by atoms with Gasteiger partial charge in [0.05, 0.1) is 0 Å². The molecule has 0 N–H and O–H groups in total. The highest BCUT2D eigenvalue weighted by Crippen LogP contribution is 2.27. The van der Waals surface area contributed by atoms with E-state index in [2.05, 4.69) is 39.5 Å². The van der Waals surface area contributed by atoms with Crippen LogP contribution >= 0.6 is 0 Å². The van der Waals surface area contributed by atoms with Gasteiger partial charge in [0, 0.05) is 12.8 Å². The predicted octanol–water partition coefficient (Wildman–Crippen LogP) is 10.5. The van der Waals surface area contributed by atoms with Gasteiger partial charge in [-0.15, -0.1) is 11.8 Å². The van der Waals surface area contributed by atoms with Gasteiger partial charge < -0.3 is 0 Å². The first kappa shape index (κ1) is 28.6. The molecule has 0 aromatic heterocycles. The quantitative estimate of drug-likeness (QED) is 0.132. The largest absolute Gasteiger partial charge is 0.103 e. The van der Waals surface area contributed by atoms with Crippen LogP contribution in [0.3, 0.4) is 0 Å². The second-order valence-electron chi connectivity index (χ2n) is 9.53. The first-order chi connectivity index (χ1) is 14.3. The minimum Gasteiger partial charge on any atom is -0.103 e. The molecule has 0 aliphatic rings. The van der Waals surface area contributed by atoms with Gasteiger partial charge >= 0.3 is 0 Å². The van der Waals surface area contributed by atoms with Gasteiger partial charge in [-0.3, -0.25) is 0 Å². The van der Waals surface area contributed by atoms with Crippen molar-refractivity contribution in [1.82, 2.24) is 0 Å². The molecule has 0 fully saturated rings. The minimum atomic E-state index is 0.915. The Bertz CT molecular complexity index is 358. The second kappa shape index (κ2) is 23.8. The van der Waals surface area contributed by atoms with Crippen LogP contribution in [0.15, 0.2) is 0 Å². The van der Waals surface area contributed by atoms with E-state index < -0.39 is 0 Å². The zero-order valence-corrected chi connectivity index (χ0v) is 21.0. The van der Waals surface area contributed by atoms with Crippen molar-refractivity contribution in [2.45, 2.75) is 163 Å². The summed E-state index contributed by atoms with van der Waals surface area (Å²) in [5.74, 6) is 8.66.